The molecule has 33 heavy (non-hydrogen) atoms. The highest BCUT2D eigenvalue weighted by atomic mass is 32.2. The highest BCUT2D eigenvalue weighted by molar-refractivity contribution is 8.13. The van der Waals surface area contributed by atoms with E-state index in [1.54, 1.807) is 36.2 Å². The fourth-order valence-electron chi connectivity index (χ4n) is 2.29. The van der Waals surface area contributed by atoms with E-state index in [0.29, 0.717) is 37.4 Å². The van der Waals surface area contributed by atoms with Gasteiger partial charge in [0.1, 0.15) is 17.3 Å². The molecule has 7 heteroatoms. The maximum Gasteiger partial charge on any atom is 0.272 e. The number of hydrogen-bond donors (Lipinski definition) is 0. The predicted molar refractivity (Wildman–Crippen MR) is 144 cm³/mol. The predicted octanol–water partition coefficient (Wildman–Crippen LogP) is 6.81. The van der Waals surface area contributed by atoms with Gasteiger partial charge in [-0.05, 0) is 76.9 Å². The van der Waals surface area contributed by atoms with Gasteiger partial charge >= 0.3 is 0 Å². The Hall–Kier alpha value is -2.41. The van der Waals surface area contributed by atoms with Gasteiger partial charge in [-0.2, -0.15) is 0 Å². The number of hydrogen-bond acceptors (Lipinski definition) is 5. The molecule has 0 bridgehead atoms. The number of allylic oxidation sites excluding steroid dienone is 2. The first-order valence-electron chi connectivity index (χ1n) is 11.2. The number of rotatable bonds is 10. The van der Waals surface area contributed by atoms with Gasteiger partial charge in [0.25, 0.3) is 5.91 Å². The number of carbonyl (C=O) groups excluding carboxylic acids is 1. The standard InChI is InChI=1S/C21H29FN2O2S.C3H8.C2H5N/c1-6-7-9-20(23-17(4)27-5)21(25)24(16(2)3)14-8-15-26-19-12-10-18(22)11-13-19;2*1-3-2/h6,9-13,16H,1,7-8,14-15H2,2-5H3;3H2,1-2H3;1H2,2H3/b20-9+,23-17?;;. The van der Waals surface area contributed by atoms with Gasteiger partial charge in [0, 0.05) is 19.6 Å². The van der Waals surface area contributed by atoms with Crippen LogP contribution in [0.1, 0.15) is 53.9 Å². The summed E-state index contributed by atoms with van der Waals surface area (Å²) in [6.45, 7) is 17.9. The maximum atomic E-state index is 13.0. The van der Waals surface area contributed by atoms with E-state index in [-0.39, 0.29) is 17.8 Å². The van der Waals surface area contributed by atoms with Crippen LogP contribution in [0.3, 0.4) is 0 Å². The summed E-state index contributed by atoms with van der Waals surface area (Å²) < 4.78 is 18.5. The lowest BCUT2D eigenvalue weighted by Gasteiger charge is -2.27. The molecule has 0 aliphatic carbocycles. The fourth-order valence-corrected chi connectivity index (χ4v) is 2.48. The molecule has 0 fully saturated rings. The molecule has 0 aliphatic heterocycles. The molecule has 0 aromatic heterocycles. The van der Waals surface area contributed by atoms with Crippen molar-refractivity contribution in [1.82, 2.24) is 4.90 Å². The lowest BCUT2D eigenvalue weighted by molar-refractivity contribution is -0.128. The summed E-state index contributed by atoms with van der Waals surface area (Å²) in [5, 5.41) is 0.835. The molecule has 5 nitrogen and oxygen atoms in total. The third-order valence-corrected chi connectivity index (χ3v) is 4.46. The molecule has 0 saturated carbocycles. The monoisotopic (exact) mass is 479 g/mol. The molecule has 0 N–H and O–H groups in total. The molecule has 0 unspecified atom stereocenters. The summed E-state index contributed by atoms with van der Waals surface area (Å²) in [7, 11) is 1.64. The van der Waals surface area contributed by atoms with Gasteiger partial charge < -0.3 is 14.6 Å². The highest BCUT2D eigenvalue weighted by Crippen LogP contribution is 2.14. The molecule has 186 valence electrons. The average Bonchev–Trinajstić information content (AvgIpc) is 2.78. The maximum absolute atomic E-state index is 13.0. The molecule has 1 aromatic rings. The van der Waals surface area contributed by atoms with Crippen molar-refractivity contribution < 1.29 is 13.9 Å². The second-order valence-corrected chi connectivity index (χ2v) is 8.22. The van der Waals surface area contributed by atoms with E-state index in [1.165, 1.54) is 30.3 Å². The van der Waals surface area contributed by atoms with Crippen molar-refractivity contribution in [2.45, 2.75) is 59.9 Å². The molecule has 0 atom stereocenters. The Balaban J connectivity index is 0. The molecule has 0 saturated heterocycles. The number of halogens is 1. The first kappa shape index (κ1) is 32.8. The van der Waals surface area contributed by atoms with E-state index in [9.17, 15) is 9.18 Å². The normalized spacial score (nSPS) is 10.9. The minimum absolute atomic E-state index is 0.0419. The number of aliphatic imine (C=N–C) groups is 2. The van der Waals surface area contributed by atoms with Crippen LogP contribution in [-0.4, -0.2) is 55.1 Å². The number of ether oxygens (including phenoxy) is 1. The zero-order valence-corrected chi connectivity index (χ0v) is 22.3. The van der Waals surface area contributed by atoms with E-state index < -0.39 is 0 Å². The fraction of sp³-hybridized carbons (Fsp3) is 0.500. The SMILES string of the molecule is C=CC/C=C(/N=C(C)SC)C(=O)N(CCCOc1ccc(F)cc1)C(C)C.C=NC.CCC. The second kappa shape index (κ2) is 21.4. The minimum Gasteiger partial charge on any atom is -0.494 e. The van der Waals surface area contributed by atoms with Crippen LogP contribution in [0.2, 0.25) is 0 Å². The Morgan fingerprint density at radius 3 is 2.27 bits per heavy atom. The van der Waals surface area contributed by atoms with Crippen LogP contribution in [0.5, 0.6) is 5.75 Å². The quantitative estimate of drug-likeness (QED) is 0.122. The zero-order valence-electron chi connectivity index (χ0n) is 21.4. The lowest BCUT2D eigenvalue weighted by atomic mass is 10.2. The molecule has 0 radical (unpaired) electrons. The number of benzene rings is 1. The van der Waals surface area contributed by atoms with Crippen molar-refractivity contribution in [3.63, 3.8) is 0 Å². The molecule has 1 rings (SSSR count). The van der Waals surface area contributed by atoms with Crippen molar-refractivity contribution >= 4 is 29.4 Å². The van der Waals surface area contributed by atoms with E-state index >= 15 is 0 Å². The average molecular weight is 480 g/mol. The minimum atomic E-state index is -0.293. The number of amides is 1. The van der Waals surface area contributed by atoms with Crippen molar-refractivity contribution in [3.05, 3.63) is 54.5 Å². The van der Waals surface area contributed by atoms with Crippen LogP contribution in [0.25, 0.3) is 0 Å². The van der Waals surface area contributed by atoms with Gasteiger partial charge in [0.2, 0.25) is 0 Å². The van der Waals surface area contributed by atoms with Crippen LogP contribution in [0, 0.1) is 5.82 Å². The summed E-state index contributed by atoms with van der Waals surface area (Å²) in [6.07, 6.45) is 7.99. The topological polar surface area (TPSA) is 54.3 Å². The first-order valence-corrected chi connectivity index (χ1v) is 12.4. The third-order valence-electron chi connectivity index (χ3n) is 3.78. The largest absolute Gasteiger partial charge is 0.494 e. The molecular formula is C26H42FN3O2S. The van der Waals surface area contributed by atoms with Gasteiger partial charge in [0.05, 0.1) is 11.7 Å². The molecule has 0 spiro atoms. The van der Waals surface area contributed by atoms with Crippen molar-refractivity contribution in [2.75, 3.05) is 26.5 Å². The second-order valence-electron chi connectivity index (χ2n) is 7.22. The van der Waals surface area contributed by atoms with Crippen LogP contribution in [-0.2, 0) is 4.79 Å². The lowest BCUT2D eigenvalue weighted by Crippen LogP contribution is -2.39. The summed E-state index contributed by atoms with van der Waals surface area (Å²) in [4.78, 5) is 22.5. The Bertz CT molecular complexity index is 732. The molecule has 1 aromatic carbocycles. The zero-order chi connectivity index (χ0) is 25.6. The molecule has 1 amide bonds. The molecule has 0 heterocycles. The number of carbonyl (C=O) groups is 1. The third kappa shape index (κ3) is 16.8. The summed E-state index contributed by atoms with van der Waals surface area (Å²) >= 11 is 1.51. The number of nitrogens with zero attached hydrogens (tertiary/aromatic N) is 3. The van der Waals surface area contributed by atoms with E-state index in [1.807, 2.05) is 27.0 Å². The Morgan fingerprint density at radius 1 is 1.27 bits per heavy atom. The molecule has 0 aliphatic rings. The van der Waals surface area contributed by atoms with E-state index in [0.717, 1.165) is 5.04 Å². The Kier molecular flexibility index (Phi) is 21.3. The van der Waals surface area contributed by atoms with Crippen LogP contribution < -0.4 is 4.74 Å². The van der Waals surface area contributed by atoms with Gasteiger partial charge in [-0.15, -0.1) is 18.3 Å². The van der Waals surface area contributed by atoms with E-state index in [2.05, 4.69) is 37.1 Å². The van der Waals surface area contributed by atoms with Gasteiger partial charge in [-0.1, -0.05) is 26.3 Å². The van der Waals surface area contributed by atoms with Crippen LogP contribution >= 0.6 is 11.8 Å². The smallest absolute Gasteiger partial charge is 0.272 e. The van der Waals surface area contributed by atoms with Crippen molar-refractivity contribution in [1.29, 1.82) is 0 Å². The van der Waals surface area contributed by atoms with Crippen LogP contribution in [0.4, 0.5) is 4.39 Å². The van der Waals surface area contributed by atoms with Crippen molar-refractivity contribution in [3.8, 4) is 5.75 Å². The van der Waals surface area contributed by atoms with Crippen molar-refractivity contribution in [2.24, 2.45) is 9.98 Å². The van der Waals surface area contributed by atoms with Gasteiger partial charge in [-0.25, -0.2) is 9.38 Å². The van der Waals surface area contributed by atoms with E-state index in [4.69, 9.17) is 4.74 Å². The highest BCUT2D eigenvalue weighted by Gasteiger charge is 2.20. The Labute approximate surface area is 204 Å². The van der Waals surface area contributed by atoms with Crippen LogP contribution in [0.15, 0.2) is 58.7 Å². The summed E-state index contributed by atoms with van der Waals surface area (Å²) in [5.74, 6) is 0.228. The summed E-state index contributed by atoms with van der Waals surface area (Å²) in [6, 6.07) is 5.96. The van der Waals surface area contributed by atoms with Gasteiger partial charge in [-0.3, -0.25) is 4.79 Å². The molecular weight excluding hydrogens is 437 g/mol. The Morgan fingerprint density at radius 2 is 1.82 bits per heavy atom. The first-order chi connectivity index (χ1) is 15.7. The number of thioether (sulfide) groups is 1. The van der Waals surface area contributed by atoms with Gasteiger partial charge in [0.15, 0.2) is 0 Å². The summed E-state index contributed by atoms with van der Waals surface area (Å²) in [5.41, 5.74) is 0.440.